The maximum absolute atomic E-state index is 5.87. The van der Waals surface area contributed by atoms with Crippen LogP contribution in [0.3, 0.4) is 0 Å². The molecule has 2 aromatic rings. The lowest BCUT2D eigenvalue weighted by molar-refractivity contribution is 0.415. The average molecular weight is 349 g/mol. The van der Waals surface area contributed by atoms with Crippen LogP contribution in [0.2, 0.25) is 0 Å². The van der Waals surface area contributed by atoms with Crippen molar-refractivity contribution in [3.63, 3.8) is 0 Å². The van der Waals surface area contributed by atoms with Crippen LogP contribution >= 0.6 is 15.9 Å². The lowest BCUT2D eigenvalue weighted by Crippen LogP contribution is -2.32. The number of benzene rings is 1. The van der Waals surface area contributed by atoms with E-state index in [0.717, 1.165) is 16.6 Å². The third kappa shape index (κ3) is 2.78. The summed E-state index contributed by atoms with van der Waals surface area (Å²) in [6.45, 7) is 4.27. The van der Waals surface area contributed by atoms with Crippen molar-refractivity contribution in [2.75, 3.05) is 0 Å². The van der Waals surface area contributed by atoms with Gasteiger partial charge in [-0.3, -0.25) is 16.0 Å². The number of hydrogen-bond acceptors (Lipinski definition) is 3. The first-order chi connectivity index (χ1) is 10.1. The molecule has 5 heteroatoms. The maximum atomic E-state index is 5.87. The van der Waals surface area contributed by atoms with Crippen LogP contribution in [-0.2, 0) is 0 Å². The maximum Gasteiger partial charge on any atom is 0.0715 e. The Labute approximate surface area is 133 Å². The van der Waals surface area contributed by atoms with Gasteiger partial charge >= 0.3 is 0 Å². The van der Waals surface area contributed by atoms with E-state index in [1.807, 2.05) is 6.20 Å². The van der Waals surface area contributed by atoms with E-state index in [9.17, 15) is 0 Å². The third-order valence-corrected chi connectivity index (χ3v) is 4.86. The molecule has 1 aliphatic carbocycles. The van der Waals surface area contributed by atoms with E-state index in [-0.39, 0.29) is 6.04 Å². The van der Waals surface area contributed by atoms with Crippen LogP contribution in [0.25, 0.3) is 0 Å². The molecule has 1 heterocycles. The Bertz CT molecular complexity index is 608. The molecule has 0 amide bonds. The second-order valence-electron chi connectivity index (χ2n) is 5.98. The van der Waals surface area contributed by atoms with Crippen LogP contribution in [0.5, 0.6) is 0 Å². The van der Waals surface area contributed by atoms with Gasteiger partial charge in [0, 0.05) is 6.04 Å². The van der Waals surface area contributed by atoms with Crippen molar-refractivity contribution >= 4 is 15.9 Å². The minimum absolute atomic E-state index is 0.120. The average Bonchev–Trinajstić information content (AvgIpc) is 3.18. The quantitative estimate of drug-likeness (QED) is 0.641. The van der Waals surface area contributed by atoms with Gasteiger partial charge in [0.1, 0.15) is 0 Å². The minimum atomic E-state index is 0.120. The van der Waals surface area contributed by atoms with E-state index in [4.69, 9.17) is 5.84 Å². The highest BCUT2D eigenvalue weighted by atomic mass is 79.9. The van der Waals surface area contributed by atoms with Gasteiger partial charge in [0.05, 0.1) is 22.4 Å². The van der Waals surface area contributed by atoms with E-state index in [1.54, 1.807) is 0 Å². The van der Waals surface area contributed by atoms with Crippen molar-refractivity contribution in [1.29, 1.82) is 0 Å². The summed E-state index contributed by atoms with van der Waals surface area (Å²) in [4.78, 5) is 0. The van der Waals surface area contributed by atoms with E-state index >= 15 is 0 Å². The Morgan fingerprint density at radius 3 is 2.67 bits per heavy atom. The molecule has 4 nitrogen and oxygen atoms in total. The first-order valence-corrected chi connectivity index (χ1v) is 8.16. The smallest absolute Gasteiger partial charge is 0.0715 e. The molecule has 0 spiro atoms. The summed E-state index contributed by atoms with van der Waals surface area (Å²) in [6, 6.07) is 11.1. The Morgan fingerprint density at radius 2 is 2.05 bits per heavy atom. The normalized spacial score (nSPS) is 22.5. The Hall–Kier alpha value is -1.17. The van der Waals surface area contributed by atoms with Gasteiger partial charge < -0.3 is 0 Å². The number of hydrogen-bond donors (Lipinski definition) is 2. The molecular formula is C16H21BrN4. The number of hydrazine groups is 1. The number of halogens is 1. The van der Waals surface area contributed by atoms with E-state index < -0.39 is 0 Å². The molecule has 1 saturated carbocycles. The molecule has 1 aromatic heterocycles. The zero-order chi connectivity index (χ0) is 15.0. The Kier molecular flexibility index (Phi) is 4.15. The summed E-state index contributed by atoms with van der Waals surface area (Å²) in [7, 11) is 0. The minimum Gasteiger partial charge on any atom is -0.271 e. The van der Waals surface area contributed by atoms with Gasteiger partial charge in [-0.15, -0.1) is 0 Å². The van der Waals surface area contributed by atoms with Crippen molar-refractivity contribution < 1.29 is 0 Å². The fourth-order valence-corrected chi connectivity index (χ4v) is 3.64. The number of nitrogens with one attached hydrogen (secondary N) is 1. The standard InChI is InChI=1S/C16H21BrN4/c1-10(2)21-16(14(17)9-19-21)15(20-18)13-8-12(13)11-6-4-3-5-7-11/h3-7,9-10,12-13,15,20H,8,18H2,1-2H3. The SMILES string of the molecule is CC(C)n1ncc(Br)c1C(NN)C1CC1c1ccccc1. The van der Waals surface area contributed by atoms with Crippen molar-refractivity contribution in [2.45, 2.75) is 38.3 Å². The first-order valence-electron chi connectivity index (χ1n) is 7.37. The highest BCUT2D eigenvalue weighted by Crippen LogP contribution is 2.54. The summed E-state index contributed by atoms with van der Waals surface area (Å²) in [5.41, 5.74) is 5.56. The molecule has 3 rings (SSSR count). The topological polar surface area (TPSA) is 55.9 Å². The molecule has 1 aromatic carbocycles. The molecule has 0 radical (unpaired) electrons. The molecule has 0 bridgehead atoms. The van der Waals surface area contributed by atoms with Gasteiger partial charge in [0.25, 0.3) is 0 Å². The van der Waals surface area contributed by atoms with Crippen molar-refractivity contribution in [3.8, 4) is 0 Å². The zero-order valence-corrected chi connectivity index (χ0v) is 13.9. The summed E-state index contributed by atoms with van der Waals surface area (Å²) in [6.07, 6.45) is 3.02. The highest BCUT2D eigenvalue weighted by Gasteiger charge is 2.45. The molecule has 3 N–H and O–H groups in total. The van der Waals surface area contributed by atoms with E-state index in [1.165, 1.54) is 5.56 Å². The third-order valence-electron chi connectivity index (χ3n) is 4.25. The predicted molar refractivity (Wildman–Crippen MR) is 87.7 cm³/mol. The van der Waals surface area contributed by atoms with Crippen LogP contribution < -0.4 is 11.3 Å². The van der Waals surface area contributed by atoms with Gasteiger partial charge in [-0.2, -0.15) is 5.10 Å². The lowest BCUT2D eigenvalue weighted by atomic mass is 10.0. The lowest BCUT2D eigenvalue weighted by Gasteiger charge is -2.20. The molecule has 3 unspecified atom stereocenters. The van der Waals surface area contributed by atoms with Crippen LogP contribution in [-0.4, -0.2) is 9.78 Å². The molecule has 1 aliphatic rings. The van der Waals surface area contributed by atoms with Crippen LogP contribution in [0.15, 0.2) is 41.0 Å². The Morgan fingerprint density at radius 1 is 1.33 bits per heavy atom. The van der Waals surface area contributed by atoms with Crippen molar-refractivity contribution in [1.82, 2.24) is 15.2 Å². The van der Waals surface area contributed by atoms with Gasteiger partial charge in [-0.05, 0) is 53.6 Å². The Balaban J connectivity index is 1.86. The van der Waals surface area contributed by atoms with Crippen molar-refractivity contribution in [2.24, 2.45) is 11.8 Å². The van der Waals surface area contributed by atoms with Crippen LogP contribution in [0.4, 0.5) is 0 Å². The van der Waals surface area contributed by atoms with E-state index in [2.05, 4.69) is 75.3 Å². The zero-order valence-electron chi connectivity index (χ0n) is 12.3. The fourth-order valence-electron chi connectivity index (χ4n) is 3.13. The van der Waals surface area contributed by atoms with Gasteiger partial charge in [-0.25, -0.2) is 0 Å². The van der Waals surface area contributed by atoms with Gasteiger partial charge in [0.15, 0.2) is 0 Å². The number of nitrogens with two attached hydrogens (primary N) is 1. The summed E-state index contributed by atoms with van der Waals surface area (Å²) in [5, 5.41) is 4.47. The monoisotopic (exact) mass is 348 g/mol. The highest BCUT2D eigenvalue weighted by molar-refractivity contribution is 9.10. The summed E-state index contributed by atoms with van der Waals surface area (Å²) < 4.78 is 3.08. The molecule has 112 valence electrons. The molecule has 0 aliphatic heterocycles. The first kappa shape index (κ1) is 14.8. The van der Waals surface area contributed by atoms with Crippen molar-refractivity contribution in [3.05, 3.63) is 52.3 Å². The molecule has 1 fully saturated rings. The van der Waals surface area contributed by atoms with Crippen LogP contribution in [0, 0.1) is 5.92 Å². The molecule has 3 atom stereocenters. The fraction of sp³-hybridized carbons (Fsp3) is 0.438. The summed E-state index contributed by atoms with van der Waals surface area (Å²) in [5.74, 6) is 6.97. The number of aromatic nitrogens is 2. The van der Waals surface area contributed by atoms with Gasteiger partial charge in [0.2, 0.25) is 0 Å². The predicted octanol–water partition coefficient (Wildman–Crippen LogP) is 3.53. The summed E-state index contributed by atoms with van der Waals surface area (Å²) >= 11 is 3.62. The van der Waals surface area contributed by atoms with Gasteiger partial charge in [-0.1, -0.05) is 30.3 Å². The van der Waals surface area contributed by atoms with Crippen LogP contribution in [0.1, 0.15) is 49.5 Å². The number of nitrogens with zero attached hydrogens (tertiary/aromatic N) is 2. The second-order valence-corrected chi connectivity index (χ2v) is 6.83. The molecule has 21 heavy (non-hydrogen) atoms. The van der Waals surface area contributed by atoms with E-state index in [0.29, 0.717) is 17.9 Å². The number of rotatable bonds is 5. The molecular weight excluding hydrogens is 328 g/mol. The largest absolute Gasteiger partial charge is 0.271 e. The second kappa shape index (κ2) is 5.91. The molecule has 0 saturated heterocycles.